The van der Waals surface area contributed by atoms with Gasteiger partial charge in [-0.25, -0.2) is 9.59 Å². The SMILES string of the molecule is CCOC(=O)Cc1ccc(N2CCN(C(C(=O)OCCOC(=O)[C@H](Cc3ccccc3)NC(=O)OC(C)(C)C)C(C)c3cccc4ccccc34)C2)cc1. The molecule has 1 heterocycles. The molecule has 286 valence electrons. The van der Waals surface area contributed by atoms with E-state index in [2.05, 4.69) is 39.4 Å². The maximum atomic E-state index is 14.1. The van der Waals surface area contributed by atoms with Crippen molar-refractivity contribution in [2.75, 3.05) is 44.5 Å². The first kappa shape index (κ1) is 39.8. The van der Waals surface area contributed by atoms with Crippen LogP contribution < -0.4 is 10.2 Å². The van der Waals surface area contributed by atoms with E-state index in [0.717, 1.165) is 33.2 Å². The van der Waals surface area contributed by atoms with Crippen LogP contribution in [0, 0.1) is 0 Å². The monoisotopic (exact) mass is 737 g/mol. The Morgan fingerprint density at radius 1 is 0.759 bits per heavy atom. The first-order valence-electron chi connectivity index (χ1n) is 18.5. The van der Waals surface area contributed by atoms with Crippen LogP contribution >= 0.6 is 0 Å². The van der Waals surface area contributed by atoms with E-state index < -0.39 is 35.7 Å². The van der Waals surface area contributed by atoms with Crippen LogP contribution in [-0.2, 0) is 46.2 Å². The maximum absolute atomic E-state index is 14.1. The molecular weight excluding hydrogens is 686 g/mol. The summed E-state index contributed by atoms with van der Waals surface area (Å²) in [6.45, 7) is 10.8. The van der Waals surface area contributed by atoms with E-state index in [1.807, 2.05) is 79.7 Å². The first-order chi connectivity index (χ1) is 25.9. The molecule has 1 saturated heterocycles. The number of anilines is 1. The minimum atomic E-state index is -1.01. The van der Waals surface area contributed by atoms with Gasteiger partial charge in [-0.05, 0) is 67.3 Å². The van der Waals surface area contributed by atoms with Crippen molar-refractivity contribution < 1.29 is 38.1 Å². The summed E-state index contributed by atoms with van der Waals surface area (Å²) in [5.41, 5.74) is 2.96. The molecule has 2 unspecified atom stereocenters. The minimum Gasteiger partial charge on any atom is -0.466 e. The molecule has 3 atom stereocenters. The second-order valence-corrected chi connectivity index (χ2v) is 14.4. The zero-order valence-corrected chi connectivity index (χ0v) is 31.8. The fraction of sp³-hybridized carbons (Fsp3) is 0.395. The number of benzene rings is 4. The van der Waals surface area contributed by atoms with Crippen LogP contribution in [0.5, 0.6) is 0 Å². The number of nitrogens with one attached hydrogen (secondary N) is 1. The molecular formula is C43H51N3O8. The smallest absolute Gasteiger partial charge is 0.408 e. The fourth-order valence-corrected chi connectivity index (χ4v) is 6.70. The Bertz CT molecular complexity index is 1870. The number of carbonyl (C=O) groups is 4. The number of ether oxygens (including phenoxy) is 4. The number of esters is 3. The van der Waals surface area contributed by atoms with Gasteiger partial charge in [0.1, 0.15) is 30.9 Å². The van der Waals surface area contributed by atoms with Gasteiger partial charge in [0, 0.05) is 31.1 Å². The summed E-state index contributed by atoms with van der Waals surface area (Å²) < 4.78 is 21.9. The van der Waals surface area contributed by atoms with Crippen LogP contribution in [0.15, 0.2) is 97.1 Å². The van der Waals surface area contributed by atoms with Crippen LogP contribution in [0.25, 0.3) is 10.8 Å². The second-order valence-electron chi connectivity index (χ2n) is 14.4. The fourth-order valence-electron chi connectivity index (χ4n) is 6.70. The van der Waals surface area contributed by atoms with E-state index >= 15 is 0 Å². The van der Waals surface area contributed by atoms with Gasteiger partial charge in [0.25, 0.3) is 0 Å². The van der Waals surface area contributed by atoms with Crippen molar-refractivity contribution in [3.8, 4) is 0 Å². The third-order valence-electron chi connectivity index (χ3n) is 9.22. The van der Waals surface area contributed by atoms with Gasteiger partial charge in [0.15, 0.2) is 0 Å². The highest BCUT2D eigenvalue weighted by molar-refractivity contribution is 5.88. The number of amides is 1. The summed E-state index contributed by atoms with van der Waals surface area (Å²) in [4.78, 5) is 56.2. The summed E-state index contributed by atoms with van der Waals surface area (Å²) in [5.74, 6) is -1.59. The summed E-state index contributed by atoms with van der Waals surface area (Å²) in [5, 5.41) is 4.78. The van der Waals surface area contributed by atoms with E-state index in [9.17, 15) is 19.2 Å². The zero-order chi connectivity index (χ0) is 38.7. The molecule has 1 fully saturated rings. The van der Waals surface area contributed by atoms with Gasteiger partial charge in [-0.3, -0.25) is 14.5 Å². The van der Waals surface area contributed by atoms with Crippen LogP contribution in [0.4, 0.5) is 10.5 Å². The molecule has 1 N–H and O–H groups in total. The molecule has 1 amide bonds. The van der Waals surface area contributed by atoms with Crippen molar-refractivity contribution in [2.45, 2.75) is 71.1 Å². The number of alkyl carbamates (subject to hydrolysis) is 1. The summed E-state index contributed by atoms with van der Waals surface area (Å²) in [6, 6.07) is 29.7. The third-order valence-corrected chi connectivity index (χ3v) is 9.22. The van der Waals surface area contributed by atoms with Crippen molar-refractivity contribution in [1.82, 2.24) is 10.2 Å². The average Bonchev–Trinajstić information content (AvgIpc) is 3.62. The van der Waals surface area contributed by atoms with E-state index in [0.29, 0.717) is 26.4 Å². The molecule has 1 aliphatic heterocycles. The summed E-state index contributed by atoms with van der Waals surface area (Å²) in [6.07, 6.45) is -0.326. The number of fused-ring (bicyclic) bond motifs is 1. The van der Waals surface area contributed by atoms with Gasteiger partial charge in [-0.15, -0.1) is 0 Å². The highest BCUT2D eigenvalue weighted by atomic mass is 16.6. The van der Waals surface area contributed by atoms with E-state index in [1.54, 1.807) is 27.7 Å². The van der Waals surface area contributed by atoms with Crippen molar-refractivity contribution in [3.63, 3.8) is 0 Å². The molecule has 0 radical (unpaired) electrons. The van der Waals surface area contributed by atoms with Crippen molar-refractivity contribution in [2.24, 2.45) is 0 Å². The summed E-state index contributed by atoms with van der Waals surface area (Å²) >= 11 is 0. The van der Waals surface area contributed by atoms with E-state index in [4.69, 9.17) is 18.9 Å². The Kier molecular flexibility index (Phi) is 13.7. The number of nitrogens with zero attached hydrogens (tertiary/aromatic N) is 2. The molecule has 0 aromatic heterocycles. The lowest BCUT2D eigenvalue weighted by Crippen LogP contribution is -2.46. The normalized spacial score (nSPS) is 14.9. The van der Waals surface area contributed by atoms with Crippen LogP contribution in [0.1, 0.15) is 57.2 Å². The largest absolute Gasteiger partial charge is 0.466 e. The minimum absolute atomic E-state index is 0.159. The third kappa shape index (κ3) is 11.1. The molecule has 0 saturated carbocycles. The van der Waals surface area contributed by atoms with Crippen molar-refractivity contribution in [3.05, 3.63) is 114 Å². The lowest BCUT2D eigenvalue weighted by atomic mass is 9.88. The van der Waals surface area contributed by atoms with Gasteiger partial charge in [-0.2, -0.15) is 0 Å². The number of rotatable bonds is 15. The second kappa shape index (κ2) is 18.6. The van der Waals surface area contributed by atoms with Crippen molar-refractivity contribution >= 4 is 40.5 Å². The van der Waals surface area contributed by atoms with Gasteiger partial charge >= 0.3 is 24.0 Å². The Morgan fingerprint density at radius 2 is 1.43 bits per heavy atom. The van der Waals surface area contributed by atoms with Crippen molar-refractivity contribution in [1.29, 1.82) is 0 Å². The van der Waals surface area contributed by atoms with Gasteiger partial charge in [0.05, 0.1) is 19.7 Å². The Morgan fingerprint density at radius 3 is 2.13 bits per heavy atom. The zero-order valence-electron chi connectivity index (χ0n) is 31.8. The van der Waals surface area contributed by atoms with E-state index in [1.165, 1.54) is 0 Å². The number of hydrogen-bond donors (Lipinski definition) is 1. The van der Waals surface area contributed by atoms with Crippen LogP contribution in [0.2, 0.25) is 0 Å². The number of carbonyl (C=O) groups excluding carboxylic acids is 4. The molecule has 1 aliphatic rings. The molecule has 0 spiro atoms. The van der Waals surface area contributed by atoms with Crippen LogP contribution in [-0.4, -0.2) is 86.2 Å². The Labute approximate surface area is 317 Å². The lowest BCUT2D eigenvalue weighted by molar-refractivity contribution is -0.157. The highest BCUT2D eigenvalue weighted by Crippen LogP contribution is 2.32. The average molecular weight is 738 g/mol. The molecule has 0 bridgehead atoms. The molecule has 11 heteroatoms. The van der Waals surface area contributed by atoms with Gasteiger partial charge < -0.3 is 29.2 Å². The maximum Gasteiger partial charge on any atom is 0.408 e. The van der Waals surface area contributed by atoms with Gasteiger partial charge in [-0.1, -0.05) is 91.9 Å². The highest BCUT2D eigenvalue weighted by Gasteiger charge is 2.38. The lowest BCUT2D eigenvalue weighted by Gasteiger charge is -2.32. The number of hydrogen-bond acceptors (Lipinski definition) is 10. The first-order valence-corrected chi connectivity index (χ1v) is 18.5. The molecule has 54 heavy (non-hydrogen) atoms. The molecule has 11 nitrogen and oxygen atoms in total. The topological polar surface area (TPSA) is 124 Å². The quantitative estimate of drug-likeness (QED) is 0.0831. The predicted molar refractivity (Wildman–Crippen MR) is 207 cm³/mol. The molecule has 4 aromatic rings. The Balaban J connectivity index is 1.27. The van der Waals surface area contributed by atoms with Gasteiger partial charge in [0.2, 0.25) is 0 Å². The Hall–Kier alpha value is -5.42. The van der Waals surface area contributed by atoms with Crippen LogP contribution in [0.3, 0.4) is 0 Å². The molecule has 0 aliphatic carbocycles. The molecule has 4 aromatic carbocycles. The van der Waals surface area contributed by atoms with E-state index in [-0.39, 0.29) is 37.9 Å². The standard InChI is InChI=1S/C43H51N3O8/c1-6-51-38(47)28-32-19-21-34(22-20-32)45-23-24-46(29-45)39(30(2)35-18-12-16-33-15-10-11-17-36(33)35)41(49)53-26-25-52-40(48)37(27-31-13-8-7-9-14-31)44-42(50)54-43(3,4)5/h7-22,30,37,39H,6,23-29H2,1-5H3,(H,44,50)/t30?,37-,39?/m0/s1. The summed E-state index contributed by atoms with van der Waals surface area (Å²) in [7, 11) is 0. The molecule has 5 rings (SSSR count). The predicted octanol–water partition coefficient (Wildman–Crippen LogP) is 6.42.